The van der Waals surface area contributed by atoms with E-state index in [0.717, 1.165) is 37.3 Å². The van der Waals surface area contributed by atoms with Gasteiger partial charge in [-0.3, -0.25) is 0 Å². The Morgan fingerprint density at radius 1 is 1.20 bits per heavy atom. The van der Waals surface area contributed by atoms with Crippen molar-refractivity contribution in [3.63, 3.8) is 0 Å². The summed E-state index contributed by atoms with van der Waals surface area (Å²) in [5.74, 6) is 0.496. The molecule has 1 N–H and O–H groups in total. The summed E-state index contributed by atoms with van der Waals surface area (Å²) in [7, 11) is 0. The van der Waals surface area contributed by atoms with Crippen molar-refractivity contribution in [2.24, 2.45) is 5.92 Å². The second-order valence-corrected chi connectivity index (χ2v) is 6.10. The van der Waals surface area contributed by atoms with Crippen molar-refractivity contribution >= 4 is 5.69 Å². The fourth-order valence-corrected chi connectivity index (χ4v) is 2.30. The van der Waals surface area contributed by atoms with Crippen molar-refractivity contribution in [3.05, 3.63) is 29.6 Å². The van der Waals surface area contributed by atoms with Crippen molar-refractivity contribution in [3.8, 4) is 0 Å². The molecule has 0 aliphatic heterocycles. The third-order valence-corrected chi connectivity index (χ3v) is 3.29. The van der Waals surface area contributed by atoms with E-state index in [2.05, 4.69) is 44.8 Å². The summed E-state index contributed by atoms with van der Waals surface area (Å²) in [6.07, 6.45) is 1.02. The number of hydrogen-bond acceptors (Lipinski definition) is 2. The summed E-state index contributed by atoms with van der Waals surface area (Å²) in [5.41, 5.74) is 1.72. The van der Waals surface area contributed by atoms with E-state index >= 15 is 0 Å². The summed E-state index contributed by atoms with van der Waals surface area (Å²) in [5, 5.41) is 3.34. The average molecular weight is 280 g/mol. The maximum absolute atomic E-state index is 14.3. The lowest BCUT2D eigenvalue weighted by Crippen LogP contribution is -2.32. The van der Waals surface area contributed by atoms with E-state index in [9.17, 15) is 4.39 Å². The molecule has 1 aromatic carbocycles. The zero-order valence-corrected chi connectivity index (χ0v) is 13.5. The Hall–Kier alpha value is -1.09. The van der Waals surface area contributed by atoms with E-state index in [4.69, 9.17) is 0 Å². The highest BCUT2D eigenvalue weighted by atomic mass is 19.1. The SMILES string of the molecule is CCCN(c1ccc(CNCC(C)C)cc1F)C(C)C. The van der Waals surface area contributed by atoms with Gasteiger partial charge in [0.25, 0.3) is 0 Å². The molecule has 114 valence electrons. The number of rotatable bonds is 8. The van der Waals surface area contributed by atoms with Gasteiger partial charge in [-0.05, 0) is 50.4 Å². The maximum Gasteiger partial charge on any atom is 0.146 e. The van der Waals surface area contributed by atoms with Crippen molar-refractivity contribution in [1.82, 2.24) is 5.32 Å². The molecule has 0 spiro atoms. The van der Waals surface area contributed by atoms with E-state index in [1.807, 2.05) is 12.1 Å². The first-order valence-electron chi connectivity index (χ1n) is 7.71. The predicted molar refractivity (Wildman–Crippen MR) is 85.7 cm³/mol. The van der Waals surface area contributed by atoms with Crippen LogP contribution >= 0.6 is 0 Å². The summed E-state index contributed by atoms with van der Waals surface area (Å²) in [6.45, 7) is 13.2. The second-order valence-electron chi connectivity index (χ2n) is 6.10. The zero-order valence-electron chi connectivity index (χ0n) is 13.5. The third-order valence-electron chi connectivity index (χ3n) is 3.29. The Kier molecular flexibility index (Phi) is 7.00. The van der Waals surface area contributed by atoms with Crippen LogP contribution in [0.4, 0.5) is 10.1 Å². The van der Waals surface area contributed by atoms with Crippen molar-refractivity contribution in [2.75, 3.05) is 18.0 Å². The van der Waals surface area contributed by atoms with Crippen LogP contribution in [0.25, 0.3) is 0 Å². The van der Waals surface area contributed by atoms with Gasteiger partial charge in [0.2, 0.25) is 0 Å². The lowest BCUT2D eigenvalue weighted by Gasteiger charge is -2.29. The standard InChI is InChI=1S/C17H29FN2/c1-6-9-20(14(4)5)17-8-7-15(10-16(17)18)12-19-11-13(2)3/h7-8,10,13-14,19H,6,9,11-12H2,1-5H3. The van der Waals surface area contributed by atoms with Crippen LogP contribution in [0.5, 0.6) is 0 Å². The van der Waals surface area contributed by atoms with E-state index in [0.29, 0.717) is 12.0 Å². The van der Waals surface area contributed by atoms with E-state index in [1.54, 1.807) is 6.07 Å². The van der Waals surface area contributed by atoms with Gasteiger partial charge < -0.3 is 10.2 Å². The van der Waals surface area contributed by atoms with Gasteiger partial charge in [-0.15, -0.1) is 0 Å². The van der Waals surface area contributed by atoms with Crippen LogP contribution in [-0.4, -0.2) is 19.1 Å². The fraction of sp³-hybridized carbons (Fsp3) is 0.647. The zero-order chi connectivity index (χ0) is 15.1. The van der Waals surface area contributed by atoms with Gasteiger partial charge in [0.15, 0.2) is 0 Å². The van der Waals surface area contributed by atoms with Gasteiger partial charge in [-0.1, -0.05) is 26.8 Å². The van der Waals surface area contributed by atoms with Crippen molar-refractivity contribution in [1.29, 1.82) is 0 Å². The topological polar surface area (TPSA) is 15.3 Å². The highest BCUT2D eigenvalue weighted by Crippen LogP contribution is 2.23. The number of hydrogen-bond donors (Lipinski definition) is 1. The molecule has 1 aromatic rings. The second kappa shape index (κ2) is 8.25. The monoisotopic (exact) mass is 280 g/mol. The van der Waals surface area contributed by atoms with E-state index < -0.39 is 0 Å². The van der Waals surface area contributed by atoms with Crippen LogP contribution in [0, 0.1) is 11.7 Å². The van der Waals surface area contributed by atoms with Crippen LogP contribution in [0.15, 0.2) is 18.2 Å². The fourth-order valence-electron chi connectivity index (χ4n) is 2.30. The summed E-state index contributed by atoms with van der Waals surface area (Å²) in [6, 6.07) is 5.91. The molecule has 0 fully saturated rings. The van der Waals surface area contributed by atoms with Gasteiger partial charge in [0, 0.05) is 19.1 Å². The Morgan fingerprint density at radius 3 is 2.40 bits per heavy atom. The lowest BCUT2D eigenvalue weighted by atomic mass is 10.1. The molecular weight excluding hydrogens is 251 g/mol. The minimum Gasteiger partial charge on any atom is -0.367 e. The molecule has 0 bridgehead atoms. The molecule has 0 amide bonds. The number of halogens is 1. The molecule has 0 unspecified atom stereocenters. The Balaban J connectivity index is 2.76. The summed E-state index contributed by atoms with van der Waals surface area (Å²) in [4.78, 5) is 2.13. The number of benzene rings is 1. The minimum absolute atomic E-state index is 0.115. The molecule has 0 aromatic heterocycles. The normalized spacial score (nSPS) is 11.4. The quantitative estimate of drug-likeness (QED) is 0.768. The van der Waals surface area contributed by atoms with Crippen molar-refractivity contribution < 1.29 is 4.39 Å². The van der Waals surface area contributed by atoms with Gasteiger partial charge in [-0.2, -0.15) is 0 Å². The molecule has 3 heteroatoms. The largest absolute Gasteiger partial charge is 0.367 e. The van der Waals surface area contributed by atoms with Crippen LogP contribution in [-0.2, 0) is 6.54 Å². The highest BCUT2D eigenvalue weighted by Gasteiger charge is 2.14. The Labute approximate surface area is 123 Å². The van der Waals surface area contributed by atoms with Crippen LogP contribution in [0.2, 0.25) is 0 Å². The molecule has 0 radical (unpaired) electrons. The molecule has 2 nitrogen and oxygen atoms in total. The smallest absolute Gasteiger partial charge is 0.146 e. The molecule has 0 saturated heterocycles. The first kappa shape index (κ1) is 17.0. The van der Waals surface area contributed by atoms with Crippen LogP contribution in [0.3, 0.4) is 0 Å². The lowest BCUT2D eigenvalue weighted by molar-refractivity contribution is 0.549. The maximum atomic E-state index is 14.3. The molecule has 1 rings (SSSR count). The molecular formula is C17H29FN2. The summed E-state index contributed by atoms with van der Waals surface area (Å²) >= 11 is 0. The van der Waals surface area contributed by atoms with Gasteiger partial charge in [0.1, 0.15) is 5.82 Å². The minimum atomic E-state index is -0.115. The van der Waals surface area contributed by atoms with Crippen LogP contribution < -0.4 is 10.2 Å². The highest BCUT2D eigenvalue weighted by molar-refractivity contribution is 5.49. The van der Waals surface area contributed by atoms with Crippen LogP contribution in [0.1, 0.15) is 46.6 Å². The first-order chi connectivity index (χ1) is 9.45. The number of nitrogens with one attached hydrogen (secondary N) is 1. The number of anilines is 1. The van der Waals surface area contributed by atoms with Crippen molar-refractivity contribution in [2.45, 2.75) is 53.6 Å². The van der Waals surface area contributed by atoms with Gasteiger partial charge in [-0.25, -0.2) is 4.39 Å². The molecule has 0 heterocycles. The van der Waals surface area contributed by atoms with E-state index in [-0.39, 0.29) is 5.82 Å². The summed E-state index contributed by atoms with van der Waals surface area (Å²) < 4.78 is 14.3. The third kappa shape index (κ3) is 5.12. The Morgan fingerprint density at radius 2 is 1.90 bits per heavy atom. The molecule has 0 aliphatic rings. The molecule has 0 atom stereocenters. The first-order valence-corrected chi connectivity index (χ1v) is 7.71. The average Bonchev–Trinajstić information content (AvgIpc) is 2.36. The van der Waals surface area contributed by atoms with Gasteiger partial charge >= 0.3 is 0 Å². The number of nitrogens with zero attached hydrogens (tertiary/aromatic N) is 1. The molecule has 20 heavy (non-hydrogen) atoms. The Bertz CT molecular complexity index is 402. The van der Waals surface area contributed by atoms with E-state index in [1.165, 1.54) is 0 Å². The molecule has 0 aliphatic carbocycles. The van der Waals surface area contributed by atoms with Gasteiger partial charge in [0.05, 0.1) is 5.69 Å². The molecule has 0 saturated carbocycles. The predicted octanol–water partition coefficient (Wildman–Crippen LogP) is 4.20.